The number of aromatic nitrogens is 1. The molecule has 0 aromatic carbocycles. The monoisotopic (exact) mass is 238 g/mol. The molecule has 6 nitrogen and oxygen atoms in total. The van der Waals surface area contributed by atoms with Gasteiger partial charge in [0.05, 0.1) is 0 Å². The Labute approximate surface area is 97.5 Å². The molecule has 2 heterocycles. The van der Waals surface area contributed by atoms with Crippen LogP contribution in [0.25, 0.3) is 0 Å². The summed E-state index contributed by atoms with van der Waals surface area (Å²) in [5.74, 6) is -1.85. The first-order valence-electron chi connectivity index (χ1n) is 5.47. The Hall–Kier alpha value is -1.82. The van der Waals surface area contributed by atoms with Gasteiger partial charge >= 0.3 is 5.97 Å². The summed E-state index contributed by atoms with van der Waals surface area (Å²) in [7, 11) is 0. The van der Waals surface area contributed by atoms with Gasteiger partial charge in [-0.05, 0) is 19.4 Å². The molecule has 2 rings (SSSR count). The smallest absolute Gasteiger partial charge is 0.341 e. The van der Waals surface area contributed by atoms with E-state index >= 15 is 0 Å². The lowest BCUT2D eigenvalue weighted by atomic mass is 10.2. The maximum Gasteiger partial charge on any atom is 0.341 e. The van der Waals surface area contributed by atoms with Crippen molar-refractivity contribution in [1.29, 1.82) is 0 Å². The van der Waals surface area contributed by atoms with E-state index in [-0.39, 0.29) is 6.04 Å². The van der Waals surface area contributed by atoms with Crippen molar-refractivity contribution in [2.24, 2.45) is 0 Å². The number of aromatic hydroxyl groups is 1. The van der Waals surface area contributed by atoms with Crippen LogP contribution in [0.1, 0.15) is 23.2 Å². The van der Waals surface area contributed by atoms with Gasteiger partial charge in [-0.15, -0.1) is 0 Å². The van der Waals surface area contributed by atoms with Crippen LogP contribution in [0.2, 0.25) is 0 Å². The van der Waals surface area contributed by atoms with E-state index < -0.39 is 22.7 Å². The van der Waals surface area contributed by atoms with E-state index in [2.05, 4.69) is 5.32 Å². The van der Waals surface area contributed by atoms with Crippen LogP contribution in [0.3, 0.4) is 0 Å². The summed E-state index contributed by atoms with van der Waals surface area (Å²) >= 11 is 0. The first kappa shape index (κ1) is 11.7. The van der Waals surface area contributed by atoms with Gasteiger partial charge in [-0.3, -0.25) is 4.79 Å². The molecule has 1 saturated heterocycles. The van der Waals surface area contributed by atoms with Gasteiger partial charge in [-0.2, -0.15) is 0 Å². The van der Waals surface area contributed by atoms with Crippen molar-refractivity contribution in [2.45, 2.75) is 25.4 Å². The van der Waals surface area contributed by atoms with Crippen LogP contribution in [-0.4, -0.2) is 33.3 Å². The molecule has 0 aliphatic carbocycles. The zero-order valence-electron chi connectivity index (χ0n) is 9.22. The van der Waals surface area contributed by atoms with Crippen LogP contribution in [0.15, 0.2) is 17.2 Å². The van der Waals surface area contributed by atoms with Gasteiger partial charge in [0.1, 0.15) is 5.56 Å². The van der Waals surface area contributed by atoms with Gasteiger partial charge in [0, 0.05) is 25.0 Å². The number of hydrogen-bond donors (Lipinski definition) is 3. The van der Waals surface area contributed by atoms with Crippen LogP contribution in [-0.2, 0) is 6.54 Å². The van der Waals surface area contributed by atoms with E-state index in [1.807, 2.05) is 0 Å². The van der Waals surface area contributed by atoms with Crippen LogP contribution >= 0.6 is 0 Å². The zero-order chi connectivity index (χ0) is 12.4. The SMILES string of the molecule is O=C(O)c1cn(C[C@@H]2CCCN2)cc(O)c1=O. The molecule has 0 unspecified atom stereocenters. The van der Waals surface area contributed by atoms with E-state index in [1.54, 1.807) is 4.57 Å². The molecular formula is C11H14N2O4. The van der Waals surface area contributed by atoms with Crippen LogP contribution in [0, 0.1) is 0 Å². The number of rotatable bonds is 3. The largest absolute Gasteiger partial charge is 0.503 e. The molecule has 0 radical (unpaired) electrons. The number of carboxylic acid groups (broad SMARTS) is 1. The Bertz CT molecular complexity index is 489. The van der Waals surface area contributed by atoms with Crippen molar-refractivity contribution < 1.29 is 15.0 Å². The summed E-state index contributed by atoms with van der Waals surface area (Å²) in [4.78, 5) is 22.2. The second kappa shape index (κ2) is 4.58. The molecular weight excluding hydrogens is 224 g/mol. The topological polar surface area (TPSA) is 91.6 Å². The minimum Gasteiger partial charge on any atom is -0.503 e. The second-order valence-corrected chi connectivity index (χ2v) is 4.18. The predicted octanol–water partition coefficient (Wildman–Crippen LogP) is 0.00410. The molecule has 1 aliphatic rings. The number of nitrogens with zero attached hydrogens (tertiary/aromatic N) is 1. The second-order valence-electron chi connectivity index (χ2n) is 4.18. The summed E-state index contributed by atoms with van der Waals surface area (Å²) in [6.45, 7) is 1.50. The minimum absolute atomic E-state index is 0.263. The van der Waals surface area contributed by atoms with Crippen molar-refractivity contribution in [3.8, 4) is 5.75 Å². The third-order valence-corrected chi connectivity index (χ3v) is 2.88. The summed E-state index contributed by atoms with van der Waals surface area (Å²) < 4.78 is 1.54. The lowest BCUT2D eigenvalue weighted by Crippen LogP contribution is -2.28. The quantitative estimate of drug-likeness (QED) is 0.689. The number of nitrogens with one attached hydrogen (secondary N) is 1. The van der Waals surface area contributed by atoms with E-state index in [0.717, 1.165) is 19.4 Å². The Morgan fingerprint density at radius 3 is 2.88 bits per heavy atom. The van der Waals surface area contributed by atoms with Gasteiger partial charge in [-0.25, -0.2) is 4.79 Å². The summed E-state index contributed by atoms with van der Waals surface area (Å²) in [6.07, 6.45) is 4.64. The first-order valence-corrected chi connectivity index (χ1v) is 5.47. The molecule has 1 aromatic heterocycles. The van der Waals surface area contributed by atoms with Crippen LogP contribution in [0.5, 0.6) is 5.75 Å². The molecule has 0 saturated carbocycles. The Morgan fingerprint density at radius 2 is 2.29 bits per heavy atom. The lowest BCUT2D eigenvalue weighted by Gasteiger charge is -2.13. The Morgan fingerprint density at radius 1 is 1.53 bits per heavy atom. The maximum absolute atomic E-state index is 11.3. The first-order chi connectivity index (χ1) is 8.08. The fraction of sp³-hybridized carbons (Fsp3) is 0.455. The molecule has 1 fully saturated rings. The highest BCUT2D eigenvalue weighted by molar-refractivity contribution is 5.87. The van der Waals surface area contributed by atoms with Crippen molar-refractivity contribution in [3.05, 3.63) is 28.2 Å². The minimum atomic E-state index is -1.32. The summed E-state index contributed by atoms with van der Waals surface area (Å²) in [5.41, 5.74) is -1.24. The van der Waals surface area contributed by atoms with Crippen molar-refractivity contribution in [1.82, 2.24) is 9.88 Å². The Balaban J connectivity index is 2.28. The Kier molecular flexibility index (Phi) is 3.14. The number of hydrogen-bond acceptors (Lipinski definition) is 4. The third kappa shape index (κ3) is 2.47. The average molecular weight is 238 g/mol. The standard InChI is InChI=1S/C11H14N2O4/c14-9-6-13(4-7-2-1-3-12-7)5-8(10(9)15)11(16)17/h5-7,12,14H,1-4H2,(H,16,17)/t7-/m0/s1. The summed E-state index contributed by atoms with van der Waals surface area (Å²) in [6, 6.07) is 0.263. The van der Waals surface area contributed by atoms with Gasteiger partial charge < -0.3 is 20.1 Å². The molecule has 1 atom stereocenters. The highest BCUT2D eigenvalue weighted by Crippen LogP contribution is 2.10. The highest BCUT2D eigenvalue weighted by Gasteiger charge is 2.17. The number of pyridine rings is 1. The molecule has 92 valence electrons. The maximum atomic E-state index is 11.3. The molecule has 1 aromatic rings. The van der Waals surface area contributed by atoms with Crippen molar-refractivity contribution in [2.75, 3.05) is 6.54 Å². The molecule has 0 spiro atoms. The van der Waals surface area contributed by atoms with Crippen LogP contribution in [0.4, 0.5) is 0 Å². The van der Waals surface area contributed by atoms with E-state index in [0.29, 0.717) is 6.54 Å². The molecule has 0 bridgehead atoms. The molecule has 3 N–H and O–H groups in total. The third-order valence-electron chi connectivity index (χ3n) is 2.88. The lowest BCUT2D eigenvalue weighted by molar-refractivity contribution is 0.0693. The number of aromatic carboxylic acids is 1. The fourth-order valence-electron chi connectivity index (χ4n) is 2.04. The van der Waals surface area contributed by atoms with Crippen molar-refractivity contribution >= 4 is 5.97 Å². The van der Waals surface area contributed by atoms with E-state index in [9.17, 15) is 14.7 Å². The normalized spacial score (nSPS) is 19.4. The molecule has 6 heteroatoms. The number of carbonyl (C=O) groups is 1. The summed E-state index contributed by atoms with van der Waals surface area (Å²) in [5, 5.41) is 21.5. The van der Waals surface area contributed by atoms with Crippen molar-refractivity contribution in [3.63, 3.8) is 0 Å². The van der Waals surface area contributed by atoms with E-state index in [1.165, 1.54) is 12.4 Å². The zero-order valence-corrected chi connectivity index (χ0v) is 9.22. The van der Waals surface area contributed by atoms with Crippen LogP contribution < -0.4 is 10.7 Å². The van der Waals surface area contributed by atoms with Gasteiger partial charge in [0.15, 0.2) is 5.75 Å². The van der Waals surface area contributed by atoms with Gasteiger partial charge in [-0.1, -0.05) is 0 Å². The van der Waals surface area contributed by atoms with E-state index in [4.69, 9.17) is 5.11 Å². The van der Waals surface area contributed by atoms with Gasteiger partial charge in [0.25, 0.3) is 0 Å². The highest BCUT2D eigenvalue weighted by atomic mass is 16.4. The molecule has 17 heavy (non-hydrogen) atoms. The fourth-order valence-corrected chi connectivity index (χ4v) is 2.04. The molecule has 0 amide bonds. The van der Waals surface area contributed by atoms with Gasteiger partial charge in [0.2, 0.25) is 5.43 Å². The average Bonchev–Trinajstić information content (AvgIpc) is 2.75. The predicted molar refractivity (Wildman–Crippen MR) is 60.4 cm³/mol. The number of carboxylic acids is 1. The molecule has 1 aliphatic heterocycles.